The summed E-state index contributed by atoms with van der Waals surface area (Å²) in [5.74, 6) is 2.08. The molecule has 1 aromatic heterocycles. The average Bonchev–Trinajstić information content (AvgIpc) is 3.42. The third-order valence-corrected chi connectivity index (χ3v) is 5.41. The molecule has 1 saturated heterocycles. The molecule has 0 saturated carbocycles. The van der Waals surface area contributed by atoms with Crippen molar-refractivity contribution in [3.8, 4) is 22.9 Å². The van der Waals surface area contributed by atoms with Crippen LogP contribution in [0.2, 0.25) is 0 Å². The van der Waals surface area contributed by atoms with Gasteiger partial charge in [0.1, 0.15) is 0 Å². The van der Waals surface area contributed by atoms with Crippen LogP contribution in [0, 0.1) is 0 Å². The summed E-state index contributed by atoms with van der Waals surface area (Å²) in [6.45, 7) is 2.06. The van der Waals surface area contributed by atoms with Gasteiger partial charge in [-0.3, -0.25) is 4.79 Å². The van der Waals surface area contributed by atoms with E-state index in [9.17, 15) is 4.79 Å². The lowest BCUT2D eigenvalue weighted by Crippen LogP contribution is -2.30. The van der Waals surface area contributed by atoms with Gasteiger partial charge in [-0.2, -0.15) is 5.21 Å². The number of H-pyrrole nitrogens is 1. The van der Waals surface area contributed by atoms with Gasteiger partial charge in [0.15, 0.2) is 11.5 Å². The third-order valence-electron chi connectivity index (χ3n) is 5.41. The van der Waals surface area contributed by atoms with Crippen LogP contribution in [-0.4, -0.2) is 51.2 Å². The molecule has 2 aliphatic heterocycles. The van der Waals surface area contributed by atoms with Crippen molar-refractivity contribution in [1.82, 2.24) is 25.5 Å². The van der Waals surface area contributed by atoms with Gasteiger partial charge >= 0.3 is 0 Å². The smallest absolute Gasteiger partial charge is 0.254 e. The monoisotopic (exact) mass is 391 g/mol. The highest BCUT2D eigenvalue weighted by Crippen LogP contribution is 2.38. The minimum absolute atomic E-state index is 0.0271. The third kappa shape index (κ3) is 3.41. The standard InChI is InChI=1S/C21H21N5O3/c27-21(15-6-4-14(5-7-15)20-22-24-25-23-20)26-10-1-3-17(26)16-8-9-18-19(13-16)29-12-2-11-28-18/h4-9,13,17H,1-3,10-12H2,(H,22,23,24,25)/t17-/m1/s1. The molecule has 3 heterocycles. The second-order valence-corrected chi connectivity index (χ2v) is 7.23. The van der Waals surface area contributed by atoms with Gasteiger partial charge in [-0.1, -0.05) is 18.2 Å². The fourth-order valence-electron chi connectivity index (χ4n) is 3.96. The van der Waals surface area contributed by atoms with Gasteiger partial charge in [-0.05, 0) is 47.9 Å². The second kappa shape index (κ2) is 7.54. The van der Waals surface area contributed by atoms with E-state index in [2.05, 4.69) is 20.6 Å². The Morgan fingerprint density at radius 3 is 2.66 bits per heavy atom. The van der Waals surface area contributed by atoms with Crippen molar-refractivity contribution in [2.24, 2.45) is 0 Å². The highest BCUT2D eigenvalue weighted by molar-refractivity contribution is 5.95. The molecule has 29 heavy (non-hydrogen) atoms. The quantitative estimate of drug-likeness (QED) is 0.738. The Bertz CT molecular complexity index is 1000. The fraction of sp³-hybridized carbons (Fsp3) is 0.333. The van der Waals surface area contributed by atoms with Crippen LogP contribution in [0.5, 0.6) is 11.5 Å². The van der Waals surface area contributed by atoms with Crippen LogP contribution < -0.4 is 9.47 Å². The first-order valence-corrected chi connectivity index (χ1v) is 9.84. The van der Waals surface area contributed by atoms with Crippen molar-refractivity contribution in [2.75, 3.05) is 19.8 Å². The van der Waals surface area contributed by atoms with Gasteiger partial charge in [0.2, 0.25) is 5.82 Å². The molecule has 5 rings (SSSR count). The second-order valence-electron chi connectivity index (χ2n) is 7.23. The molecular formula is C21H21N5O3. The molecule has 1 fully saturated rings. The number of carbonyl (C=O) groups excluding carboxylic acids is 1. The number of fused-ring (bicyclic) bond motifs is 1. The van der Waals surface area contributed by atoms with Crippen LogP contribution in [-0.2, 0) is 0 Å². The summed E-state index contributed by atoms with van der Waals surface area (Å²) >= 11 is 0. The largest absolute Gasteiger partial charge is 0.490 e. The van der Waals surface area contributed by atoms with E-state index in [1.165, 1.54) is 0 Å². The van der Waals surface area contributed by atoms with Gasteiger partial charge in [0.05, 0.1) is 19.3 Å². The zero-order chi connectivity index (χ0) is 19.6. The highest BCUT2D eigenvalue weighted by Gasteiger charge is 2.31. The van der Waals surface area contributed by atoms with Crippen LogP contribution in [0.4, 0.5) is 0 Å². The predicted molar refractivity (Wildman–Crippen MR) is 105 cm³/mol. The topological polar surface area (TPSA) is 93.2 Å². The molecule has 0 bridgehead atoms. The molecule has 0 aliphatic carbocycles. The first kappa shape index (κ1) is 17.7. The first-order chi connectivity index (χ1) is 14.3. The van der Waals surface area contributed by atoms with Gasteiger partial charge in [0.25, 0.3) is 5.91 Å². The predicted octanol–water partition coefficient (Wildman–Crippen LogP) is 3.01. The molecule has 2 aliphatic rings. The molecule has 148 valence electrons. The van der Waals surface area contributed by atoms with Gasteiger partial charge < -0.3 is 14.4 Å². The minimum atomic E-state index is 0.0271. The molecule has 0 unspecified atom stereocenters. The lowest BCUT2D eigenvalue weighted by atomic mass is 10.0. The van der Waals surface area contributed by atoms with Crippen LogP contribution in [0.25, 0.3) is 11.4 Å². The number of benzene rings is 2. The fourth-order valence-corrected chi connectivity index (χ4v) is 3.96. The number of aromatic amines is 1. The number of amides is 1. The Morgan fingerprint density at radius 1 is 1.03 bits per heavy atom. The Labute approximate surface area is 167 Å². The van der Waals surface area contributed by atoms with E-state index < -0.39 is 0 Å². The molecule has 0 radical (unpaired) electrons. The van der Waals surface area contributed by atoms with Crippen molar-refractivity contribution in [3.63, 3.8) is 0 Å². The normalized spacial score (nSPS) is 18.5. The van der Waals surface area contributed by atoms with E-state index in [1.807, 2.05) is 47.4 Å². The Morgan fingerprint density at radius 2 is 1.86 bits per heavy atom. The molecule has 3 aromatic rings. The molecule has 2 aromatic carbocycles. The number of carbonyl (C=O) groups is 1. The molecule has 1 amide bonds. The number of nitrogens with one attached hydrogen (secondary N) is 1. The number of likely N-dealkylation sites (tertiary alicyclic amines) is 1. The van der Waals surface area contributed by atoms with E-state index in [-0.39, 0.29) is 11.9 Å². The van der Waals surface area contributed by atoms with Crippen LogP contribution in [0.3, 0.4) is 0 Å². The first-order valence-electron chi connectivity index (χ1n) is 9.84. The number of tetrazole rings is 1. The lowest BCUT2D eigenvalue weighted by molar-refractivity contribution is 0.0735. The number of hydrogen-bond donors (Lipinski definition) is 1. The summed E-state index contributed by atoms with van der Waals surface area (Å²) in [5, 5.41) is 13.9. The van der Waals surface area contributed by atoms with Crippen LogP contribution >= 0.6 is 0 Å². The van der Waals surface area contributed by atoms with E-state index in [4.69, 9.17) is 9.47 Å². The molecule has 8 nitrogen and oxygen atoms in total. The van der Waals surface area contributed by atoms with Gasteiger partial charge in [-0.15, -0.1) is 10.2 Å². The maximum absolute atomic E-state index is 13.2. The van der Waals surface area contributed by atoms with E-state index in [0.29, 0.717) is 24.6 Å². The zero-order valence-corrected chi connectivity index (χ0v) is 15.9. The Balaban J connectivity index is 1.38. The maximum Gasteiger partial charge on any atom is 0.254 e. The Kier molecular flexibility index (Phi) is 4.59. The molecule has 1 N–H and O–H groups in total. The number of hydrogen-bond acceptors (Lipinski definition) is 6. The molecule has 8 heteroatoms. The van der Waals surface area contributed by atoms with Crippen LogP contribution in [0.15, 0.2) is 42.5 Å². The number of rotatable bonds is 3. The van der Waals surface area contributed by atoms with Crippen molar-refractivity contribution in [2.45, 2.75) is 25.3 Å². The highest BCUT2D eigenvalue weighted by atomic mass is 16.5. The summed E-state index contributed by atoms with van der Waals surface area (Å²) in [5.41, 5.74) is 2.55. The number of aromatic nitrogens is 4. The molecule has 1 atom stereocenters. The maximum atomic E-state index is 13.2. The van der Waals surface area contributed by atoms with Crippen molar-refractivity contribution >= 4 is 5.91 Å². The minimum Gasteiger partial charge on any atom is -0.490 e. The van der Waals surface area contributed by atoms with Gasteiger partial charge in [-0.25, -0.2) is 0 Å². The van der Waals surface area contributed by atoms with Crippen molar-refractivity contribution in [3.05, 3.63) is 53.6 Å². The molecular weight excluding hydrogens is 370 g/mol. The summed E-state index contributed by atoms with van der Waals surface area (Å²) in [4.78, 5) is 15.1. The number of ether oxygens (including phenoxy) is 2. The summed E-state index contributed by atoms with van der Waals surface area (Å²) in [7, 11) is 0. The van der Waals surface area contributed by atoms with Crippen LogP contribution in [0.1, 0.15) is 41.2 Å². The van der Waals surface area contributed by atoms with E-state index in [1.54, 1.807) is 0 Å². The average molecular weight is 391 g/mol. The molecule has 0 spiro atoms. The summed E-state index contributed by atoms with van der Waals surface area (Å²) in [6.07, 6.45) is 2.79. The van der Waals surface area contributed by atoms with Crippen molar-refractivity contribution in [1.29, 1.82) is 0 Å². The zero-order valence-electron chi connectivity index (χ0n) is 15.9. The van der Waals surface area contributed by atoms with Gasteiger partial charge in [0, 0.05) is 24.1 Å². The van der Waals surface area contributed by atoms with E-state index in [0.717, 1.165) is 48.4 Å². The van der Waals surface area contributed by atoms with E-state index >= 15 is 0 Å². The summed E-state index contributed by atoms with van der Waals surface area (Å²) in [6, 6.07) is 13.4. The summed E-state index contributed by atoms with van der Waals surface area (Å²) < 4.78 is 11.6. The lowest BCUT2D eigenvalue weighted by Gasteiger charge is -2.26. The Hall–Kier alpha value is -3.42. The van der Waals surface area contributed by atoms with Crippen molar-refractivity contribution < 1.29 is 14.3 Å². The SMILES string of the molecule is O=C(c1ccc(-c2nn[nH]n2)cc1)N1CCC[C@@H]1c1ccc2c(c1)OCCCO2. The number of nitrogens with zero attached hydrogens (tertiary/aromatic N) is 4.